The molecule has 0 spiro atoms. The molecule has 2 heterocycles. The van der Waals surface area contributed by atoms with Gasteiger partial charge < -0.3 is 10.6 Å². The maximum Gasteiger partial charge on any atom is 0.134 e. The summed E-state index contributed by atoms with van der Waals surface area (Å²) in [5.41, 5.74) is 11.5. The molecule has 0 aromatic heterocycles. The van der Waals surface area contributed by atoms with E-state index in [1.165, 1.54) is 60.0 Å². The Hall–Kier alpha value is -5.32. The third-order valence-corrected chi connectivity index (χ3v) is 12.4. The molecule has 0 fully saturated rings. The summed E-state index contributed by atoms with van der Waals surface area (Å²) in [6.07, 6.45) is 8.35. The van der Waals surface area contributed by atoms with Crippen molar-refractivity contribution in [3.8, 4) is 0 Å². The Bertz CT molecular complexity index is 2470. The predicted octanol–water partition coefficient (Wildman–Crippen LogP) is 11.3. The van der Waals surface area contributed by atoms with Crippen LogP contribution in [0.2, 0.25) is 0 Å². The van der Waals surface area contributed by atoms with Gasteiger partial charge in [0, 0.05) is 27.2 Å². The summed E-state index contributed by atoms with van der Waals surface area (Å²) in [7, 11) is 0. The summed E-state index contributed by atoms with van der Waals surface area (Å²) in [5.74, 6) is 1.31. The Kier molecular flexibility index (Phi) is 6.72. The van der Waals surface area contributed by atoms with Gasteiger partial charge in [0.05, 0.1) is 22.8 Å². The summed E-state index contributed by atoms with van der Waals surface area (Å²) in [5, 5.41) is 13.1. The highest BCUT2D eigenvalue weighted by molar-refractivity contribution is 8.00. The topological polar surface area (TPSA) is 36.4 Å². The number of nitrogens with one attached hydrogen (secondary N) is 2. The minimum absolute atomic E-state index is 0.0219. The predicted molar refractivity (Wildman–Crippen MR) is 212 cm³/mol. The molecule has 4 aliphatic rings. The third-order valence-electron chi connectivity index (χ3n) is 11.1. The molecule has 0 saturated carbocycles. The summed E-state index contributed by atoms with van der Waals surface area (Å²) in [4.78, 5) is 6.51. The normalized spacial score (nSPS) is 21.6. The molecule has 0 bridgehead atoms. The second kappa shape index (κ2) is 11.4. The van der Waals surface area contributed by atoms with Gasteiger partial charge in [-0.25, -0.2) is 4.99 Å². The van der Waals surface area contributed by atoms with E-state index in [1.54, 1.807) is 0 Å². The lowest BCUT2D eigenvalue weighted by Gasteiger charge is -2.29. The van der Waals surface area contributed by atoms with E-state index in [-0.39, 0.29) is 16.8 Å². The van der Waals surface area contributed by atoms with Crippen molar-refractivity contribution in [1.82, 2.24) is 5.32 Å². The average Bonchev–Trinajstić information content (AvgIpc) is 3.71. The molecule has 3 unspecified atom stereocenters. The van der Waals surface area contributed by atoms with Crippen LogP contribution in [-0.2, 0) is 5.41 Å². The van der Waals surface area contributed by atoms with Crippen molar-refractivity contribution in [2.24, 2.45) is 10.9 Å². The number of rotatable bonds is 4. The number of fused-ring (bicyclic) bond motifs is 8. The quantitative estimate of drug-likeness (QED) is 0.184. The summed E-state index contributed by atoms with van der Waals surface area (Å²) < 4.78 is 0. The molecule has 3 nitrogen and oxygen atoms in total. The van der Waals surface area contributed by atoms with Crippen molar-refractivity contribution < 1.29 is 0 Å². The maximum absolute atomic E-state index is 5.17. The molecule has 0 saturated heterocycles. The standard InChI is InChI=1S/C46H37N3S/c1-46(2)37-16-10-9-15-35(37)36-23-20-33(26-38(36)46)45-49-43-41(50-45)24-21-30-17-18-31-25-32(19-22-34(31)42(30)43)44-47-39(28-11-5-3-6-12-28)27-40(48-44)29-13-7-4-8-14-29/h3-19,21-27,33,39,45,49H,20H2,1-2H3,(H,47,48). The van der Waals surface area contributed by atoms with Gasteiger partial charge in [-0.15, -0.1) is 0 Å². The van der Waals surface area contributed by atoms with Crippen LogP contribution in [0.25, 0.3) is 32.8 Å². The van der Waals surface area contributed by atoms with Gasteiger partial charge in [0.25, 0.3) is 0 Å². The van der Waals surface area contributed by atoms with Crippen molar-refractivity contribution >= 4 is 56.1 Å². The molecule has 242 valence electrons. The molecule has 10 rings (SSSR count). The van der Waals surface area contributed by atoms with Crippen LogP contribution in [0.4, 0.5) is 5.69 Å². The number of amidine groups is 1. The zero-order valence-electron chi connectivity index (χ0n) is 28.2. The molecule has 2 aliphatic heterocycles. The van der Waals surface area contributed by atoms with E-state index in [0.717, 1.165) is 29.1 Å². The van der Waals surface area contributed by atoms with Gasteiger partial charge in [-0.3, -0.25) is 0 Å². The van der Waals surface area contributed by atoms with Crippen LogP contribution in [0.3, 0.4) is 0 Å². The third kappa shape index (κ3) is 4.69. The highest BCUT2D eigenvalue weighted by Crippen LogP contribution is 2.54. The molecule has 2 aliphatic carbocycles. The fraction of sp³-hybridized carbons (Fsp3) is 0.152. The highest BCUT2D eigenvalue weighted by Gasteiger charge is 2.41. The van der Waals surface area contributed by atoms with E-state index < -0.39 is 0 Å². The highest BCUT2D eigenvalue weighted by atomic mass is 32.2. The Balaban J connectivity index is 0.999. The number of benzene rings is 6. The van der Waals surface area contributed by atoms with E-state index in [0.29, 0.717) is 5.92 Å². The van der Waals surface area contributed by atoms with Gasteiger partial charge in [-0.05, 0) is 74.2 Å². The van der Waals surface area contributed by atoms with Crippen LogP contribution < -0.4 is 10.6 Å². The van der Waals surface area contributed by atoms with Gasteiger partial charge >= 0.3 is 0 Å². The number of aliphatic imine (C=N–C) groups is 1. The molecule has 50 heavy (non-hydrogen) atoms. The molecular formula is C46H37N3S. The zero-order chi connectivity index (χ0) is 33.4. The second-order valence-corrected chi connectivity index (χ2v) is 15.6. The minimum Gasteiger partial charge on any atom is -0.371 e. The summed E-state index contributed by atoms with van der Waals surface area (Å²) >= 11 is 1.99. The largest absolute Gasteiger partial charge is 0.371 e. The Labute approximate surface area is 297 Å². The fourth-order valence-corrected chi connectivity index (χ4v) is 9.72. The number of hydrogen-bond acceptors (Lipinski definition) is 4. The van der Waals surface area contributed by atoms with E-state index in [2.05, 4.69) is 170 Å². The SMILES string of the molecule is CC1(C)C2=CC(C3Nc4c(ccc5ccc6cc(C7=NC(c8ccccc8)=CC(c8ccccc8)N7)ccc6c45)S3)CC=C2c2ccccc21. The Morgan fingerprint density at radius 3 is 2.34 bits per heavy atom. The average molecular weight is 664 g/mol. The van der Waals surface area contributed by atoms with Gasteiger partial charge in [0.2, 0.25) is 0 Å². The Morgan fingerprint density at radius 2 is 1.48 bits per heavy atom. The first-order chi connectivity index (χ1) is 24.5. The number of nitrogens with zero attached hydrogens (tertiary/aromatic N) is 1. The van der Waals surface area contributed by atoms with E-state index >= 15 is 0 Å². The lowest BCUT2D eigenvalue weighted by Crippen LogP contribution is -2.31. The fourth-order valence-electron chi connectivity index (χ4n) is 8.48. The summed E-state index contributed by atoms with van der Waals surface area (Å²) in [6, 6.07) is 46.1. The lowest BCUT2D eigenvalue weighted by molar-refractivity contribution is 0.611. The van der Waals surface area contributed by atoms with Gasteiger partial charge in [-0.1, -0.05) is 153 Å². The van der Waals surface area contributed by atoms with E-state index in [4.69, 9.17) is 4.99 Å². The molecular weight excluding hydrogens is 627 g/mol. The molecule has 0 radical (unpaired) electrons. The first-order valence-electron chi connectivity index (χ1n) is 17.6. The first-order valence-corrected chi connectivity index (χ1v) is 18.5. The van der Waals surface area contributed by atoms with Gasteiger partial charge in [0.15, 0.2) is 0 Å². The number of hydrogen-bond donors (Lipinski definition) is 2. The van der Waals surface area contributed by atoms with Crippen molar-refractivity contribution in [1.29, 1.82) is 0 Å². The number of anilines is 1. The molecule has 0 amide bonds. The number of allylic oxidation sites excluding steroid dienone is 3. The smallest absolute Gasteiger partial charge is 0.134 e. The monoisotopic (exact) mass is 663 g/mol. The van der Waals surface area contributed by atoms with Gasteiger partial charge in [0.1, 0.15) is 5.84 Å². The molecule has 6 aromatic carbocycles. The van der Waals surface area contributed by atoms with Crippen molar-refractivity contribution in [2.75, 3.05) is 5.32 Å². The van der Waals surface area contributed by atoms with Crippen molar-refractivity contribution in [3.05, 3.63) is 179 Å². The second-order valence-electron chi connectivity index (χ2n) is 14.4. The zero-order valence-corrected chi connectivity index (χ0v) is 29.0. The molecule has 2 N–H and O–H groups in total. The molecule has 3 atom stereocenters. The maximum atomic E-state index is 5.17. The van der Waals surface area contributed by atoms with Crippen LogP contribution >= 0.6 is 11.8 Å². The van der Waals surface area contributed by atoms with Crippen LogP contribution in [0.1, 0.15) is 54.1 Å². The minimum atomic E-state index is 0.0219. The van der Waals surface area contributed by atoms with Crippen LogP contribution in [-0.4, -0.2) is 11.2 Å². The van der Waals surface area contributed by atoms with Crippen LogP contribution in [0.5, 0.6) is 0 Å². The van der Waals surface area contributed by atoms with E-state index in [1.807, 2.05) is 11.8 Å². The van der Waals surface area contributed by atoms with Crippen LogP contribution in [0.15, 0.2) is 161 Å². The van der Waals surface area contributed by atoms with Gasteiger partial charge in [-0.2, -0.15) is 0 Å². The first kappa shape index (κ1) is 29.6. The molecule has 4 heteroatoms. The Morgan fingerprint density at radius 1 is 0.720 bits per heavy atom. The number of thioether (sulfide) groups is 1. The van der Waals surface area contributed by atoms with Crippen molar-refractivity contribution in [3.63, 3.8) is 0 Å². The van der Waals surface area contributed by atoms with Crippen molar-refractivity contribution in [2.45, 2.75) is 42.0 Å². The van der Waals surface area contributed by atoms with E-state index in [9.17, 15) is 0 Å². The van der Waals surface area contributed by atoms with Crippen LogP contribution in [0, 0.1) is 5.92 Å². The summed E-state index contributed by atoms with van der Waals surface area (Å²) in [6.45, 7) is 4.77. The lowest BCUT2D eigenvalue weighted by atomic mass is 9.78. The molecule has 6 aromatic rings.